The van der Waals surface area contributed by atoms with Gasteiger partial charge < -0.3 is 0 Å². The second kappa shape index (κ2) is 6.53. The van der Waals surface area contributed by atoms with Crippen molar-refractivity contribution < 1.29 is 0 Å². The molecule has 0 N–H and O–H groups in total. The van der Waals surface area contributed by atoms with Gasteiger partial charge in [0.25, 0.3) is 0 Å². The molecule has 0 radical (unpaired) electrons. The molecule has 0 heterocycles. The lowest BCUT2D eigenvalue weighted by molar-refractivity contribution is 0.781. The van der Waals surface area contributed by atoms with E-state index in [9.17, 15) is 0 Å². The Morgan fingerprint density at radius 3 is 2.50 bits per heavy atom. The maximum atomic E-state index is 4.22. The summed E-state index contributed by atoms with van der Waals surface area (Å²) in [4.78, 5) is 4.22. The van der Waals surface area contributed by atoms with Crippen LogP contribution >= 0.6 is 0 Å². The quantitative estimate of drug-likeness (QED) is 0.530. The highest BCUT2D eigenvalue weighted by molar-refractivity contribution is 5.55. The van der Waals surface area contributed by atoms with Gasteiger partial charge in [0.2, 0.25) is 0 Å². The van der Waals surface area contributed by atoms with Gasteiger partial charge in [-0.3, -0.25) is 4.99 Å². The van der Waals surface area contributed by atoms with Crippen LogP contribution in [0.1, 0.15) is 40.0 Å². The van der Waals surface area contributed by atoms with Crippen molar-refractivity contribution in [2.75, 3.05) is 0 Å². The average molecular weight is 139 g/mol. The lowest BCUT2D eigenvalue weighted by atomic mass is 10.2. The minimum atomic E-state index is 1.12. The van der Waals surface area contributed by atoms with E-state index in [2.05, 4.69) is 18.0 Å². The van der Waals surface area contributed by atoms with Gasteiger partial charge in [-0.05, 0) is 26.7 Å². The number of hydrogen-bond donors (Lipinski definition) is 0. The van der Waals surface area contributed by atoms with Crippen LogP contribution in [0.2, 0.25) is 0 Å². The Kier molecular flexibility index (Phi) is 6.14. The van der Waals surface area contributed by atoms with Crippen LogP contribution in [0.3, 0.4) is 0 Å². The van der Waals surface area contributed by atoms with Crippen LogP contribution in [0, 0.1) is 0 Å². The minimum absolute atomic E-state index is 1.12. The van der Waals surface area contributed by atoms with Crippen LogP contribution in [0.15, 0.2) is 16.8 Å². The van der Waals surface area contributed by atoms with Gasteiger partial charge in [0.15, 0.2) is 0 Å². The predicted octanol–water partition coefficient (Wildman–Crippen LogP) is 3.17. The molecule has 0 aromatic heterocycles. The third-order valence-corrected chi connectivity index (χ3v) is 1.41. The highest BCUT2D eigenvalue weighted by atomic mass is 14.7. The third kappa shape index (κ3) is 4.30. The third-order valence-electron chi connectivity index (χ3n) is 1.41. The lowest BCUT2D eigenvalue weighted by Gasteiger charge is -1.96. The van der Waals surface area contributed by atoms with Crippen LogP contribution in [0.5, 0.6) is 0 Å². The van der Waals surface area contributed by atoms with Crippen molar-refractivity contribution in [3.63, 3.8) is 0 Å². The molecule has 0 bridgehead atoms. The van der Waals surface area contributed by atoms with Crippen LogP contribution < -0.4 is 0 Å². The van der Waals surface area contributed by atoms with Crippen LogP contribution in [-0.2, 0) is 0 Å². The zero-order valence-electron chi connectivity index (χ0n) is 7.22. The smallest absolute Gasteiger partial charge is 0.0356 e. The number of rotatable bonds is 4. The van der Waals surface area contributed by atoms with E-state index in [0.717, 1.165) is 6.42 Å². The Balaban J connectivity index is 3.62. The number of unbranched alkanes of at least 4 members (excludes halogenated alkanes) is 1. The molecular formula is C9H17N. The van der Waals surface area contributed by atoms with Crippen molar-refractivity contribution in [3.8, 4) is 0 Å². The van der Waals surface area contributed by atoms with E-state index in [1.165, 1.54) is 18.5 Å². The summed E-state index contributed by atoms with van der Waals surface area (Å²) in [5, 5.41) is 0. The number of aliphatic imine (C=N–C) groups is 1. The molecule has 0 aromatic rings. The Morgan fingerprint density at radius 1 is 1.40 bits per heavy atom. The van der Waals surface area contributed by atoms with Crippen molar-refractivity contribution >= 4 is 6.21 Å². The summed E-state index contributed by atoms with van der Waals surface area (Å²) in [5.74, 6) is 0. The van der Waals surface area contributed by atoms with E-state index in [-0.39, 0.29) is 0 Å². The second-order valence-electron chi connectivity index (χ2n) is 2.27. The molecule has 0 unspecified atom stereocenters. The Morgan fingerprint density at radius 2 is 2.10 bits per heavy atom. The number of hydrogen-bond acceptors (Lipinski definition) is 1. The maximum absolute atomic E-state index is 4.22. The van der Waals surface area contributed by atoms with Gasteiger partial charge in [-0.25, -0.2) is 0 Å². The van der Waals surface area contributed by atoms with Crippen LogP contribution in [0.4, 0.5) is 0 Å². The monoisotopic (exact) mass is 139 g/mol. The van der Waals surface area contributed by atoms with Crippen molar-refractivity contribution in [1.82, 2.24) is 0 Å². The Labute approximate surface area is 63.9 Å². The van der Waals surface area contributed by atoms with Gasteiger partial charge >= 0.3 is 0 Å². The molecule has 0 fully saturated rings. The van der Waals surface area contributed by atoms with E-state index < -0.39 is 0 Å². The molecule has 1 heteroatoms. The van der Waals surface area contributed by atoms with Crippen LogP contribution in [0.25, 0.3) is 0 Å². The number of allylic oxidation sites excluding steroid dienone is 2. The van der Waals surface area contributed by atoms with Gasteiger partial charge in [0.05, 0.1) is 0 Å². The Bertz CT molecular complexity index is 123. The zero-order valence-corrected chi connectivity index (χ0v) is 7.22. The molecule has 0 rings (SSSR count). The largest absolute Gasteiger partial charge is 0.266 e. The lowest BCUT2D eigenvalue weighted by Crippen LogP contribution is -1.78. The average Bonchev–Trinajstić information content (AvgIpc) is 1.98. The van der Waals surface area contributed by atoms with E-state index in [1.807, 2.05) is 20.1 Å². The molecule has 0 saturated carbocycles. The highest BCUT2D eigenvalue weighted by Gasteiger charge is 1.88. The van der Waals surface area contributed by atoms with Crippen LogP contribution in [-0.4, -0.2) is 6.21 Å². The second-order valence-corrected chi connectivity index (χ2v) is 2.27. The van der Waals surface area contributed by atoms with E-state index >= 15 is 0 Å². The molecule has 58 valence electrons. The van der Waals surface area contributed by atoms with Crippen molar-refractivity contribution in [3.05, 3.63) is 11.8 Å². The van der Waals surface area contributed by atoms with E-state index in [4.69, 9.17) is 0 Å². The molecule has 10 heavy (non-hydrogen) atoms. The normalized spacial score (nSPS) is 12.9. The van der Waals surface area contributed by atoms with Crippen molar-refractivity contribution in [2.45, 2.75) is 40.0 Å². The molecule has 0 spiro atoms. The number of nitrogens with zero attached hydrogens (tertiary/aromatic N) is 1. The Hall–Kier alpha value is -0.590. The summed E-state index contributed by atoms with van der Waals surface area (Å²) < 4.78 is 0. The molecule has 0 atom stereocenters. The molecular weight excluding hydrogens is 122 g/mol. The fraction of sp³-hybridized carbons (Fsp3) is 0.667. The fourth-order valence-corrected chi connectivity index (χ4v) is 0.807. The van der Waals surface area contributed by atoms with Gasteiger partial charge in [-0.2, -0.15) is 0 Å². The van der Waals surface area contributed by atoms with Gasteiger partial charge in [0, 0.05) is 11.9 Å². The molecule has 0 aliphatic rings. The first kappa shape index (κ1) is 9.41. The summed E-state index contributed by atoms with van der Waals surface area (Å²) in [7, 11) is 0. The summed E-state index contributed by atoms with van der Waals surface area (Å²) in [5.41, 5.74) is 1.21. The van der Waals surface area contributed by atoms with Gasteiger partial charge in [-0.15, -0.1) is 0 Å². The van der Waals surface area contributed by atoms with E-state index in [1.54, 1.807) is 0 Å². The molecule has 1 nitrogen and oxygen atoms in total. The topological polar surface area (TPSA) is 12.4 Å². The van der Waals surface area contributed by atoms with E-state index in [0.29, 0.717) is 0 Å². The van der Waals surface area contributed by atoms with Crippen molar-refractivity contribution in [1.29, 1.82) is 0 Å². The zero-order chi connectivity index (χ0) is 7.82. The summed E-state index contributed by atoms with van der Waals surface area (Å²) in [6.07, 6.45) is 7.55. The maximum Gasteiger partial charge on any atom is 0.0356 e. The first-order chi connectivity index (χ1) is 4.85. The molecule has 0 aromatic carbocycles. The van der Waals surface area contributed by atoms with Gasteiger partial charge in [-0.1, -0.05) is 19.4 Å². The first-order valence-electron chi connectivity index (χ1n) is 3.99. The summed E-state index contributed by atoms with van der Waals surface area (Å²) >= 11 is 0. The molecule has 0 saturated heterocycles. The fourth-order valence-electron chi connectivity index (χ4n) is 0.807. The first-order valence-corrected chi connectivity index (χ1v) is 3.99. The molecule has 0 aliphatic carbocycles. The highest BCUT2D eigenvalue weighted by Crippen LogP contribution is 2.07. The minimum Gasteiger partial charge on any atom is -0.266 e. The standard InChI is InChI=1S/C9H17N/c1-4-7-8-9(5-2)10-6-3/h5-6H,4,7-8H2,1-3H3. The SMILES string of the molecule is CC=NC(=CC)CCCC. The van der Waals surface area contributed by atoms with Gasteiger partial charge in [0.1, 0.15) is 0 Å². The predicted molar refractivity (Wildman–Crippen MR) is 47.4 cm³/mol. The molecule has 0 aliphatic heterocycles. The van der Waals surface area contributed by atoms with Crippen molar-refractivity contribution in [2.24, 2.45) is 4.99 Å². The molecule has 0 amide bonds. The summed E-state index contributed by atoms with van der Waals surface area (Å²) in [6, 6.07) is 0. The summed E-state index contributed by atoms with van der Waals surface area (Å²) in [6.45, 7) is 6.19.